The molecule has 2 amide bonds. The number of nitrogens with zero attached hydrogens (tertiary/aromatic N) is 2. The maximum Gasteiger partial charge on any atom is 0.319 e. The first-order valence-corrected chi connectivity index (χ1v) is 7.68. The molecule has 0 aliphatic rings. The molecule has 0 saturated carbocycles. The normalized spacial score (nSPS) is 10.4. The zero-order valence-corrected chi connectivity index (χ0v) is 13.7. The van der Waals surface area contributed by atoms with Gasteiger partial charge in [-0.05, 0) is 42.8 Å². The number of amides is 2. The van der Waals surface area contributed by atoms with Crippen LogP contribution in [0.1, 0.15) is 11.5 Å². The second-order valence-electron chi connectivity index (χ2n) is 5.13. The quantitative estimate of drug-likeness (QED) is 0.750. The summed E-state index contributed by atoms with van der Waals surface area (Å²) in [7, 11) is 0. The molecule has 7 heteroatoms. The molecule has 0 bridgehead atoms. The van der Waals surface area contributed by atoms with Crippen LogP contribution >= 0.6 is 11.6 Å². The molecule has 2 aromatic carbocycles. The number of rotatable bonds is 4. The molecule has 0 aliphatic heterocycles. The van der Waals surface area contributed by atoms with Gasteiger partial charge in [-0.15, -0.1) is 10.2 Å². The third-order valence-electron chi connectivity index (χ3n) is 3.34. The topological polar surface area (TPSA) is 80.0 Å². The molecule has 0 atom stereocenters. The van der Waals surface area contributed by atoms with Crippen LogP contribution in [0.2, 0.25) is 5.02 Å². The van der Waals surface area contributed by atoms with E-state index in [9.17, 15) is 4.79 Å². The number of carbonyl (C=O) groups excluding carboxylic acids is 1. The number of anilines is 1. The minimum Gasteiger partial charge on any atom is -0.419 e. The van der Waals surface area contributed by atoms with Gasteiger partial charge in [0.2, 0.25) is 11.8 Å². The van der Waals surface area contributed by atoms with Crippen molar-refractivity contribution in [2.45, 2.75) is 13.5 Å². The summed E-state index contributed by atoms with van der Waals surface area (Å²) in [6.45, 7) is 2.11. The van der Waals surface area contributed by atoms with Crippen LogP contribution in [0.4, 0.5) is 10.5 Å². The molecule has 0 fully saturated rings. The highest BCUT2D eigenvalue weighted by atomic mass is 35.5. The smallest absolute Gasteiger partial charge is 0.319 e. The summed E-state index contributed by atoms with van der Waals surface area (Å²) >= 11 is 5.80. The molecule has 1 heterocycles. The summed E-state index contributed by atoms with van der Waals surface area (Å²) in [5.41, 5.74) is 2.56. The van der Waals surface area contributed by atoms with Gasteiger partial charge in [0.15, 0.2) is 0 Å². The van der Waals surface area contributed by atoms with Crippen molar-refractivity contribution in [1.29, 1.82) is 0 Å². The van der Waals surface area contributed by atoms with Crippen LogP contribution in [0.3, 0.4) is 0 Å². The van der Waals surface area contributed by atoms with Crippen LogP contribution in [0.25, 0.3) is 11.5 Å². The number of hydrogen-bond donors (Lipinski definition) is 2. The molecule has 3 rings (SSSR count). The third-order valence-corrected chi connectivity index (χ3v) is 3.60. The zero-order valence-electron chi connectivity index (χ0n) is 12.9. The fourth-order valence-corrected chi connectivity index (χ4v) is 2.24. The molecule has 1 aromatic heterocycles. The number of carbonyl (C=O) groups is 1. The molecular formula is C17H15ClN4O2. The molecule has 3 aromatic rings. The Morgan fingerprint density at radius 2 is 1.88 bits per heavy atom. The summed E-state index contributed by atoms with van der Waals surface area (Å²) < 4.78 is 5.58. The largest absolute Gasteiger partial charge is 0.419 e. The predicted molar refractivity (Wildman–Crippen MR) is 91.8 cm³/mol. The van der Waals surface area contributed by atoms with Crippen LogP contribution in [-0.4, -0.2) is 16.2 Å². The van der Waals surface area contributed by atoms with E-state index in [4.69, 9.17) is 16.0 Å². The van der Waals surface area contributed by atoms with Crippen molar-refractivity contribution in [3.8, 4) is 11.5 Å². The van der Waals surface area contributed by atoms with Crippen molar-refractivity contribution >= 4 is 23.3 Å². The maximum atomic E-state index is 11.9. The van der Waals surface area contributed by atoms with E-state index < -0.39 is 0 Å². The SMILES string of the molecule is Cc1ccccc1-c1nnc(CNC(=O)Nc2ccc(Cl)cc2)o1. The second-order valence-corrected chi connectivity index (χ2v) is 5.57. The van der Waals surface area contributed by atoms with Crippen LogP contribution in [-0.2, 0) is 6.54 Å². The van der Waals surface area contributed by atoms with Crippen molar-refractivity contribution in [3.63, 3.8) is 0 Å². The summed E-state index contributed by atoms with van der Waals surface area (Å²) in [5, 5.41) is 13.9. The Hall–Kier alpha value is -2.86. The van der Waals surface area contributed by atoms with Gasteiger partial charge in [0.05, 0.1) is 6.54 Å². The zero-order chi connectivity index (χ0) is 16.9. The van der Waals surface area contributed by atoms with E-state index in [2.05, 4.69) is 20.8 Å². The van der Waals surface area contributed by atoms with E-state index in [1.54, 1.807) is 24.3 Å². The predicted octanol–water partition coefficient (Wildman–Crippen LogP) is 4.02. The van der Waals surface area contributed by atoms with Crippen LogP contribution in [0.15, 0.2) is 52.9 Å². The number of hydrogen-bond acceptors (Lipinski definition) is 4. The molecule has 0 unspecified atom stereocenters. The Bertz CT molecular complexity index is 846. The number of urea groups is 1. The highest BCUT2D eigenvalue weighted by Crippen LogP contribution is 2.21. The van der Waals surface area contributed by atoms with Gasteiger partial charge in [0.1, 0.15) is 0 Å². The Morgan fingerprint density at radius 3 is 2.62 bits per heavy atom. The molecular weight excluding hydrogens is 328 g/mol. The van der Waals surface area contributed by atoms with Gasteiger partial charge < -0.3 is 15.1 Å². The molecule has 2 N–H and O–H groups in total. The van der Waals surface area contributed by atoms with Crippen LogP contribution in [0, 0.1) is 6.92 Å². The van der Waals surface area contributed by atoms with E-state index in [1.165, 1.54) is 0 Å². The Labute approximate surface area is 143 Å². The number of benzene rings is 2. The average Bonchev–Trinajstić information content (AvgIpc) is 3.04. The molecule has 0 aliphatic carbocycles. The van der Waals surface area contributed by atoms with Crippen molar-refractivity contribution in [1.82, 2.24) is 15.5 Å². The number of aromatic nitrogens is 2. The summed E-state index contributed by atoms with van der Waals surface area (Å²) in [4.78, 5) is 11.9. The fraction of sp³-hybridized carbons (Fsp3) is 0.118. The summed E-state index contributed by atoms with van der Waals surface area (Å²) in [6.07, 6.45) is 0. The first kappa shape index (κ1) is 16.0. The second kappa shape index (κ2) is 7.14. The third kappa shape index (κ3) is 3.91. The average molecular weight is 343 g/mol. The van der Waals surface area contributed by atoms with E-state index in [0.29, 0.717) is 22.5 Å². The molecule has 6 nitrogen and oxygen atoms in total. The first-order valence-electron chi connectivity index (χ1n) is 7.30. The van der Waals surface area contributed by atoms with Gasteiger partial charge in [-0.1, -0.05) is 29.8 Å². The molecule has 0 spiro atoms. The minimum absolute atomic E-state index is 0.137. The van der Waals surface area contributed by atoms with Crippen molar-refractivity contribution in [2.75, 3.05) is 5.32 Å². The van der Waals surface area contributed by atoms with Crippen molar-refractivity contribution in [2.24, 2.45) is 0 Å². The minimum atomic E-state index is -0.368. The number of nitrogens with one attached hydrogen (secondary N) is 2. The highest BCUT2D eigenvalue weighted by Gasteiger charge is 2.11. The molecule has 24 heavy (non-hydrogen) atoms. The molecule has 0 radical (unpaired) electrons. The van der Waals surface area contributed by atoms with Gasteiger partial charge in [0.25, 0.3) is 0 Å². The monoisotopic (exact) mass is 342 g/mol. The van der Waals surface area contributed by atoms with Crippen molar-refractivity contribution < 1.29 is 9.21 Å². The summed E-state index contributed by atoms with van der Waals surface area (Å²) in [5.74, 6) is 0.766. The standard InChI is InChI=1S/C17H15ClN4O2/c1-11-4-2-3-5-14(11)16-22-21-15(24-16)10-19-17(23)20-13-8-6-12(18)7-9-13/h2-9H,10H2,1H3,(H2,19,20,23). The molecule has 122 valence electrons. The van der Waals surface area contributed by atoms with Crippen molar-refractivity contribution in [3.05, 3.63) is 65.0 Å². The van der Waals surface area contributed by atoms with E-state index in [0.717, 1.165) is 11.1 Å². The summed E-state index contributed by atoms with van der Waals surface area (Å²) in [6, 6.07) is 14.2. The number of aryl methyl sites for hydroxylation is 1. The number of halogens is 1. The van der Waals surface area contributed by atoms with Gasteiger partial charge in [-0.2, -0.15) is 0 Å². The fourth-order valence-electron chi connectivity index (χ4n) is 2.11. The van der Waals surface area contributed by atoms with E-state index in [1.807, 2.05) is 31.2 Å². The molecule has 0 saturated heterocycles. The first-order chi connectivity index (χ1) is 11.6. The lowest BCUT2D eigenvalue weighted by Gasteiger charge is -2.05. The van der Waals surface area contributed by atoms with Gasteiger partial charge in [0, 0.05) is 16.3 Å². The Balaban J connectivity index is 1.58. The maximum absolute atomic E-state index is 11.9. The Morgan fingerprint density at radius 1 is 1.12 bits per heavy atom. The Kier molecular flexibility index (Phi) is 4.77. The van der Waals surface area contributed by atoms with Crippen LogP contribution in [0.5, 0.6) is 0 Å². The lowest BCUT2D eigenvalue weighted by molar-refractivity contribution is 0.250. The van der Waals surface area contributed by atoms with Gasteiger partial charge in [-0.25, -0.2) is 4.79 Å². The lowest BCUT2D eigenvalue weighted by atomic mass is 10.1. The van der Waals surface area contributed by atoms with E-state index >= 15 is 0 Å². The highest BCUT2D eigenvalue weighted by molar-refractivity contribution is 6.30. The van der Waals surface area contributed by atoms with E-state index in [-0.39, 0.29) is 12.6 Å². The van der Waals surface area contributed by atoms with Crippen LogP contribution < -0.4 is 10.6 Å². The van der Waals surface area contributed by atoms with Gasteiger partial charge >= 0.3 is 6.03 Å². The van der Waals surface area contributed by atoms with Gasteiger partial charge in [-0.3, -0.25) is 0 Å². The lowest BCUT2D eigenvalue weighted by Crippen LogP contribution is -2.28.